The minimum absolute atomic E-state index is 0.385. The van der Waals surface area contributed by atoms with E-state index < -0.39 is 0 Å². The van der Waals surface area contributed by atoms with Crippen molar-refractivity contribution in [3.63, 3.8) is 0 Å². The summed E-state index contributed by atoms with van der Waals surface area (Å²) < 4.78 is 5.75. The summed E-state index contributed by atoms with van der Waals surface area (Å²) in [6.07, 6.45) is 1.25. The van der Waals surface area contributed by atoms with Crippen LogP contribution in [0.5, 0.6) is 0 Å². The topological polar surface area (TPSA) is 28.4 Å². The predicted molar refractivity (Wildman–Crippen MR) is 74.7 cm³/mol. The van der Waals surface area contributed by atoms with Crippen molar-refractivity contribution in [3.8, 4) is 0 Å². The van der Waals surface area contributed by atoms with E-state index in [0.717, 1.165) is 37.1 Å². The van der Waals surface area contributed by atoms with Crippen LogP contribution < -0.4 is 5.32 Å². The van der Waals surface area contributed by atoms with Crippen LogP contribution in [0.25, 0.3) is 0 Å². The van der Waals surface area contributed by atoms with E-state index in [0.29, 0.717) is 12.1 Å². The highest BCUT2D eigenvalue weighted by Crippen LogP contribution is 2.24. The average Bonchev–Trinajstić information content (AvgIpc) is 2.74. The van der Waals surface area contributed by atoms with Gasteiger partial charge in [-0.25, -0.2) is 0 Å². The molecule has 0 saturated carbocycles. The number of hydrogen-bond acceptors (Lipinski definition) is 3. The molecule has 1 N–H and O–H groups in total. The Bertz CT molecular complexity index is 372. The molecule has 1 aromatic heterocycles. The first kappa shape index (κ1) is 13.6. The Morgan fingerprint density at radius 3 is 2.78 bits per heavy atom. The van der Waals surface area contributed by atoms with Crippen LogP contribution in [0.1, 0.15) is 44.8 Å². The maximum atomic E-state index is 5.75. The summed E-state index contributed by atoms with van der Waals surface area (Å²) in [7, 11) is 0. The highest BCUT2D eigenvalue weighted by atomic mass is 16.3. The molecule has 2 heterocycles. The summed E-state index contributed by atoms with van der Waals surface area (Å²) in [5.74, 6) is 2.85. The van der Waals surface area contributed by atoms with E-state index in [2.05, 4.69) is 43.1 Å². The van der Waals surface area contributed by atoms with Crippen molar-refractivity contribution in [2.45, 2.75) is 46.2 Å². The maximum Gasteiger partial charge on any atom is 0.121 e. The second-order valence-electron chi connectivity index (χ2n) is 5.90. The van der Waals surface area contributed by atoms with E-state index in [9.17, 15) is 0 Å². The largest absolute Gasteiger partial charge is 0.465 e. The van der Waals surface area contributed by atoms with Gasteiger partial charge in [-0.05, 0) is 38.3 Å². The van der Waals surface area contributed by atoms with E-state index >= 15 is 0 Å². The fourth-order valence-electron chi connectivity index (χ4n) is 2.79. The molecule has 0 aromatic carbocycles. The van der Waals surface area contributed by atoms with Gasteiger partial charge in [0.1, 0.15) is 11.5 Å². The van der Waals surface area contributed by atoms with Gasteiger partial charge < -0.3 is 9.73 Å². The van der Waals surface area contributed by atoms with Gasteiger partial charge in [0.15, 0.2) is 0 Å². The first-order chi connectivity index (χ1) is 8.56. The standard InChI is InChI=1S/C15H26N2O/c1-11(2)9-14-10-17(8-7-16-14)13(4)15-6-5-12(3)18-15/h5-6,11,13-14,16H,7-10H2,1-4H3. The molecule has 0 spiro atoms. The zero-order valence-electron chi connectivity index (χ0n) is 12.1. The first-order valence-electron chi connectivity index (χ1n) is 7.10. The van der Waals surface area contributed by atoms with Crippen molar-refractivity contribution in [2.75, 3.05) is 19.6 Å². The van der Waals surface area contributed by atoms with Crippen LogP contribution in [0.4, 0.5) is 0 Å². The summed E-state index contributed by atoms with van der Waals surface area (Å²) in [6.45, 7) is 12.2. The Hall–Kier alpha value is -0.800. The van der Waals surface area contributed by atoms with E-state index in [4.69, 9.17) is 4.42 Å². The van der Waals surface area contributed by atoms with E-state index in [1.54, 1.807) is 0 Å². The molecular formula is C15H26N2O. The number of aryl methyl sites for hydroxylation is 1. The molecule has 0 aliphatic carbocycles. The molecule has 18 heavy (non-hydrogen) atoms. The second kappa shape index (κ2) is 5.89. The summed E-state index contributed by atoms with van der Waals surface area (Å²) >= 11 is 0. The molecule has 0 amide bonds. The van der Waals surface area contributed by atoms with Gasteiger partial charge in [-0.15, -0.1) is 0 Å². The number of nitrogens with one attached hydrogen (secondary N) is 1. The zero-order chi connectivity index (χ0) is 13.1. The Kier molecular flexibility index (Phi) is 4.46. The molecule has 2 atom stereocenters. The summed E-state index contributed by atoms with van der Waals surface area (Å²) in [4.78, 5) is 2.53. The van der Waals surface area contributed by atoms with Crippen molar-refractivity contribution in [1.29, 1.82) is 0 Å². The van der Waals surface area contributed by atoms with Crippen molar-refractivity contribution in [2.24, 2.45) is 5.92 Å². The molecule has 2 rings (SSSR count). The molecule has 1 saturated heterocycles. The third kappa shape index (κ3) is 3.36. The average molecular weight is 250 g/mol. The van der Waals surface area contributed by atoms with Gasteiger partial charge in [0, 0.05) is 25.7 Å². The number of nitrogens with zero attached hydrogens (tertiary/aromatic N) is 1. The van der Waals surface area contributed by atoms with Gasteiger partial charge >= 0.3 is 0 Å². The SMILES string of the molecule is Cc1ccc(C(C)N2CCNC(CC(C)C)C2)o1. The van der Waals surface area contributed by atoms with E-state index in [1.807, 2.05) is 6.92 Å². The minimum Gasteiger partial charge on any atom is -0.465 e. The quantitative estimate of drug-likeness (QED) is 0.890. The molecular weight excluding hydrogens is 224 g/mol. The van der Waals surface area contributed by atoms with Crippen molar-refractivity contribution >= 4 is 0 Å². The molecule has 3 nitrogen and oxygen atoms in total. The lowest BCUT2D eigenvalue weighted by Crippen LogP contribution is -2.51. The highest BCUT2D eigenvalue weighted by Gasteiger charge is 2.25. The van der Waals surface area contributed by atoms with Crippen LogP contribution in [0, 0.1) is 12.8 Å². The highest BCUT2D eigenvalue weighted by molar-refractivity contribution is 5.09. The van der Waals surface area contributed by atoms with Gasteiger partial charge in [0.25, 0.3) is 0 Å². The lowest BCUT2D eigenvalue weighted by atomic mass is 10.0. The summed E-state index contributed by atoms with van der Waals surface area (Å²) in [5.41, 5.74) is 0. The molecule has 1 fully saturated rings. The van der Waals surface area contributed by atoms with Crippen molar-refractivity contribution in [1.82, 2.24) is 10.2 Å². The third-order valence-corrected chi connectivity index (χ3v) is 3.76. The molecule has 0 bridgehead atoms. The monoisotopic (exact) mass is 250 g/mol. The fourth-order valence-corrected chi connectivity index (χ4v) is 2.79. The van der Waals surface area contributed by atoms with E-state index in [-0.39, 0.29) is 0 Å². The number of hydrogen-bond donors (Lipinski definition) is 1. The number of furan rings is 1. The Morgan fingerprint density at radius 1 is 1.39 bits per heavy atom. The molecule has 1 aliphatic rings. The summed E-state index contributed by atoms with van der Waals surface area (Å²) in [5, 5.41) is 3.62. The van der Waals surface area contributed by atoms with Crippen LogP contribution in [0.3, 0.4) is 0 Å². The molecule has 1 aliphatic heterocycles. The third-order valence-electron chi connectivity index (χ3n) is 3.76. The number of rotatable bonds is 4. The Labute approximate surface area is 111 Å². The van der Waals surface area contributed by atoms with Crippen LogP contribution in [0.2, 0.25) is 0 Å². The van der Waals surface area contributed by atoms with Gasteiger partial charge in [0.05, 0.1) is 6.04 Å². The van der Waals surface area contributed by atoms with Crippen molar-refractivity contribution in [3.05, 3.63) is 23.7 Å². The predicted octanol–water partition coefficient (Wildman–Crippen LogP) is 2.97. The second-order valence-corrected chi connectivity index (χ2v) is 5.90. The van der Waals surface area contributed by atoms with Gasteiger partial charge in [-0.3, -0.25) is 4.90 Å². The van der Waals surface area contributed by atoms with Crippen LogP contribution >= 0.6 is 0 Å². The first-order valence-corrected chi connectivity index (χ1v) is 7.10. The van der Waals surface area contributed by atoms with Crippen LogP contribution in [-0.2, 0) is 0 Å². The normalized spacial score (nSPS) is 23.5. The summed E-state index contributed by atoms with van der Waals surface area (Å²) in [6, 6.07) is 5.17. The van der Waals surface area contributed by atoms with Crippen molar-refractivity contribution < 1.29 is 4.42 Å². The molecule has 0 radical (unpaired) electrons. The van der Waals surface area contributed by atoms with E-state index in [1.165, 1.54) is 6.42 Å². The Balaban J connectivity index is 1.95. The van der Waals surface area contributed by atoms with Gasteiger partial charge in [-0.2, -0.15) is 0 Å². The van der Waals surface area contributed by atoms with Gasteiger partial charge in [-0.1, -0.05) is 13.8 Å². The van der Waals surface area contributed by atoms with Gasteiger partial charge in [0.2, 0.25) is 0 Å². The lowest BCUT2D eigenvalue weighted by molar-refractivity contribution is 0.130. The Morgan fingerprint density at radius 2 is 2.17 bits per heavy atom. The van der Waals surface area contributed by atoms with Crippen LogP contribution in [-0.4, -0.2) is 30.6 Å². The van der Waals surface area contributed by atoms with Crippen LogP contribution in [0.15, 0.2) is 16.5 Å². The molecule has 1 aromatic rings. The zero-order valence-corrected chi connectivity index (χ0v) is 12.1. The maximum absolute atomic E-state index is 5.75. The lowest BCUT2D eigenvalue weighted by Gasteiger charge is -2.37. The fraction of sp³-hybridized carbons (Fsp3) is 0.733. The number of piperazine rings is 1. The minimum atomic E-state index is 0.385. The molecule has 3 heteroatoms. The molecule has 2 unspecified atom stereocenters. The molecule has 102 valence electrons. The smallest absolute Gasteiger partial charge is 0.121 e.